The van der Waals surface area contributed by atoms with Crippen LogP contribution in [0.15, 0.2) is 29.2 Å². The highest BCUT2D eigenvalue weighted by Gasteiger charge is 2.50. The molecular weight excluding hydrogens is 420 g/mol. The molecule has 30 heavy (non-hydrogen) atoms. The first-order chi connectivity index (χ1) is 14.3. The van der Waals surface area contributed by atoms with Crippen LogP contribution >= 0.6 is 11.8 Å². The average Bonchev–Trinajstić information content (AvgIpc) is 2.74. The molecule has 7 N–H and O–H groups in total. The molecule has 2 heterocycles. The molecule has 0 aliphatic carbocycles. The van der Waals surface area contributed by atoms with Crippen LogP contribution in [0.2, 0.25) is 0 Å². The van der Waals surface area contributed by atoms with E-state index >= 15 is 0 Å². The van der Waals surface area contributed by atoms with Crippen LogP contribution < -0.4 is 0 Å². The number of benzene rings is 1. The Morgan fingerprint density at radius 1 is 0.800 bits per heavy atom. The average molecular weight is 448 g/mol. The molecule has 0 spiro atoms. The molecule has 11 heteroatoms. The molecule has 0 saturated carbocycles. The first-order valence-electron chi connectivity index (χ1n) is 9.58. The Morgan fingerprint density at radius 2 is 1.43 bits per heavy atom. The van der Waals surface area contributed by atoms with Gasteiger partial charge in [0, 0.05) is 4.90 Å². The van der Waals surface area contributed by atoms with Gasteiger partial charge < -0.3 is 50.0 Å². The lowest BCUT2D eigenvalue weighted by Gasteiger charge is -2.46. The van der Waals surface area contributed by atoms with Crippen LogP contribution in [-0.2, 0) is 14.2 Å². The maximum Gasteiger partial charge on any atom is 0.187 e. The van der Waals surface area contributed by atoms with Crippen LogP contribution in [0.5, 0.6) is 0 Å². The van der Waals surface area contributed by atoms with Crippen molar-refractivity contribution in [2.45, 2.75) is 72.4 Å². The SMILES string of the molecule is Cc1ccc(S[C@@H]2O[C@H](CO)[C@H](O[C@@H]3O[C@H](CO)[C@@H](O)[C@H](O)[C@H]3O)[C@@H](O)[C@H]2O)cc1. The Morgan fingerprint density at radius 3 is 2.03 bits per heavy atom. The molecular formula is C19H28O10S. The van der Waals surface area contributed by atoms with E-state index in [-0.39, 0.29) is 0 Å². The van der Waals surface area contributed by atoms with Gasteiger partial charge in [0.2, 0.25) is 0 Å². The number of rotatable bonds is 6. The molecule has 10 atom stereocenters. The Balaban J connectivity index is 1.71. The number of aliphatic hydroxyl groups excluding tert-OH is 7. The van der Waals surface area contributed by atoms with Gasteiger partial charge in [0.15, 0.2) is 6.29 Å². The van der Waals surface area contributed by atoms with Crippen molar-refractivity contribution in [3.8, 4) is 0 Å². The standard InChI is InChI=1S/C19H28O10S/c1-8-2-4-9(5-3-8)30-19-16(26)14(24)17(11(7-21)28-19)29-18-15(25)13(23)12(22)10(6-20)27-18/h2-5,10-26H,6-7H2,1H3/t10-,11-,12-,13+,14+,15-,16-,17+,18+,19+/m1/s1. The summed E-state index contributed by atoms with van der Waals surface area (Å²) >= 11 is 1.17. The van der Waals surface area contributed by atoms with E-state index in [1.807, 2.05) is 31.2 Å². The Labute approximate surface area is 177 Å². The minimum atomic E-state index is -1.69. The number of ether oxygens (including phenoxy) is 3. The molecule has 3 rings (SSSR count). The predicted octanol–water partition coefficient (Wildman–Crippen LogP) is -2.29. The van der Waals surface area contributed by atoms with E-state index in [1.165, 1.54) is 11.8 Å². The van der Waals surface area contributed by atoms with Crippen LogP contribution in [-0.4, -0.2) is 110 Å². The lowest BCUT2D eigenvalue weighted by atomic mass is 9.97. The van der Waals surface area contributed by atoms with Crippen molar-refractivity contribution < 1.29 is 50.0 Å². The van der Waals surface area contributed by atoms with E-state index in [2.05, 4.69) is 0 Å². The summed E-state index contributed by atoms with van der Waals surface area (Å²) in [6, 6.07) is 7.46. The van der Waals surface area contributed by atoms with Crippen molar-refractivity contribution in [2.75, 3.05) is 13.2 Å². The van der Waals surface area contributed by atoms with Gasteiger partial charge >= 0.3 is 0 Å². The van der Waals surface area contributed by atoms with Crippen molar-refractivity contribution in [3.63, 3.8) is 0 Å². The minimum Gasteiger partial charge on any atom is -0.394 e. The second-order valence-electron chi connectivity index (χ2n) is 7.44. The van der Waals surface area contributed by atoms with Crippen molar-refractivity contribution >= 4 is 11.8 Å². The smallest absolute Gasteiger partial charge is 0.187 e. The van der Waals surface area contributed by atoms with E-state index in [1.54, 1.807) is 0 Å². The summed E-state index contributed by atoms with van der Waals surface area (Å²) < 4.78 is 16.5. The molecule has 0 unspecified atom stereocenters. The lowest BCUT2D eigenvalue weighted by molar-refractivity contribution is -0.338. The molecule has 10 nitrogen and oxygen atoms in total. The van der Waals surface area contributed by atoms with E-state index in [4.69, 9.17) is 14.2 Å². The maximum atomic E-state index is 10.6. The fraction of sp³-hybridized carbons (Fsp3) is 0.684. The van der Waals surface area contributed by atoms with Gasteiger partial charge in [-0.1, -0.05) is 29.5 Å². The summed E-state index contributed by atoms with van der Waals surface area (Å²) in [5.41, 5.74) is 0.167. The Hall–Kier alpha value is -0.830. The van der Waals surface area contributed by atoms with Crippen LogP contribution in [0.3, 0.4) is 0 Å². The number of aryl methyl sites for hydroxylation is 1. The third-order valence-corrected chi connectivity index (χ3v) is 6.40. The summed E-state index contributed by atoms with van der Waals surface area (Å²) in [7, 11) is 0. The second-order valence-corrected chi connectivity index (χ2v) is 8.61. The van der Waals surface area contributed by atoms with Gasteiger partial charge in [0.1, 0.15) is 54.3 Å². The van der Waals surface area contributed by atoms with E-state index < -0.39 is 73.8 Å². The van der Waals surface area contributed by atoms with Gasteiger partial charge in [-0.2, -0.15) is 0 Å². The number of aliphatic hydroxyl groups is 7. The number of hydrogen-bond acceptors (Lipinski definition) is 11. The van der Waals surface area contributed by atoms with Crippen molar-refractivity contribution in [3.05, 3.63) is 29.8 Å². The highest BCUT2D eigenvalue weighted by atomic mass is 32.2. The lowest BCUT2D eigenvalue weighted by Crippen LogP contribution is -2.64. The van der Waals surface area contributed by atoms with Crippen molar-refractivity contribution in [2.24, 2.45) is 0 Å². The molecule has 0 amide bonds. The first-order valence-corrected chi connectivity index (χ1v) is 10.5. The van der Waals surface area contributed by atoms with Gasteiger partial charge in [-0.25, -0.2) is 0 Å². The zero-order valence-corrected chi connectivity index (χ0v) is 17.1. The quantitative estimate of drug-likeness (QED) is 0.250. The van der Waals surface area contributed by atoms with Crippen LogP contribution in [0.4, 0.5) is 0 Å². The highest BCUT2D eigenvalue weighted by molar-refractivity contribution is 7.99. The topological polar surface area (TPSA) is 169 Å². The van der Waals surface area contributed by atoms with E-state index in [9.17, 15) is 35.7 Å². The third kappa shape index (κ3) is 4.97. The number of hydrogen-bond donors (Lipinski definition) is 7. The van der Waals surface area contributed by atoms with Gasteiger partial charge in [-0.05, 0) is 19.1 Å². The van der Waals surface area contributed by atoms with Gasteiger partial charge in [-0.15, -0.1) is 0 Å². The second kappa shape index (κ2) is 10.2. The Bertz CT molecular complexity index is 672. The van der Waals surface area contributed by atoms with Gasteiger partial charge in [-0.3, -0.25) is 0 Å². The fourth-order valence-electron chi connectivity index (χ4n) is 3.40. The van der Waals surface area contributed by atoms with E-state index in [0.29, 0.717) is 0 Å². The monoisotopic (exact) mass is 448 g/mol. The molecule has 2 aliphatic rings. The summed E-state index contributed by atoms with van der Waals surface area (Å²) in [6.45, 7) is 0.736. The van der Waals surface area contributed by atoms with Crippen LogP contribution in [0.1, 0.15) is 5.56 Å². The van der Waals surface area contributed by atoms with Crippen molar-refractivity contribution in [1.82, 2.24) is 0 Å². The first kappa shape index (κ1) is 23.8. The molecule has 2 aliphatic heterocycles. The molecule has 0 aromatic heterocycles. The Kier molecular flexibility index (Phi) is 8.09. The normalized spacial score (nSPS) is 42.3. The predicted molar refractivity (Wildman–Crippen MR) is 103 cm³/mol. The van der Waals surface area contributed by atoms with Crippen molar-refractivity contribution in [1.29, 1.82) is 0 Å². The maximum absolute atomic E-state index is 10.6. The fourth-order valence-corrected chi connectivity index (χ4v) is 4.46. The zero-order valence-electron chi connectivity index (χ0n) is 16.3. The van der Waals surface area contributed by atoms with Crippen LogP contribution in [0.25, 0.3) is 0 Å². The molecule has 2 fully saturated rings. The number of thioether (sulfide) groups is 1. The summed E-state index contributed by atoms with van der Waals surface area (Å²) in [6.07, 6.45) is -12.9. The summed E-state index contributed by atoms with van der Waals surface area (Å²) in [4.78, 5) is 0.793. The summed E-state index contributed by atoms with van der Waals surface area (Å²) in [5, 5.41) is 70.1. The van der Waals surface area contributed by atoms with Gasteiger partial charge in [0.25, 0.3) is 0 Å². The molecule has 1 aromatic carbocycles. The molecule has 1 aromatic rings. The van der Waals surface area contributed by atoms with Crippen LogP contribution in [0, 0.1) is 6.92 Å². The summed E-state index contributed by atoms with van der Waals surface area (Å²) in [5.74, 6) is 0. The molecule has 2 saturated heterocycles. The zero-order chi connectivity index (χ0) is 22.0. The molecule has 0 radical (unpaired) electrons. The largest absolute Gasteiger partial charge is 0.394 e. The molecule has 170 valence electrons. The van der Waals surface area contributed by atoms with E-state index in [0.717, 1.165) is 10.5 Å². The third-order valence-electron chi connectivity index (χ3n) is 5.23. The highest BCUT2D eigenvalue weighted by Crippen LogP contribution is 2.35. The minimum absolute atomic E-state index is 0.559. The van der Waals surface area contributed by atoms with Gasteiger partial charge in [0.05, 0.1) is 13.2 Å². The molecule has 0 bridgehead atoms.